The van der Waals surface area contributed by atoms with E-state index in [0.717, 1.165) is 39.1 Å². The lowest BCUT2D eigenvalue weighted by atomic mass is 10.1. The lowest BCUT2D eigenvalue weighted by Gasteiger charge is -2.08. The highest BCUT2D eigenvalue weighted by atomic mass is 79.9. The van der Waals surface area contributed by atoms with Crippen molar-refractivity contribution in [1.82, 2.24) is 19.7 Å². The summed E-state index contributed by atoms with van der Waals surface area (Å²) in [6.07, 6.45) is 3.92. The molecule has 1 aliphatic carbocycles. The SMILES string of the molecule is O=C(Nc1nc2[nH]nc(-n3cccc3-c3ccccc3Br)c2s1)C1CC1. The Bertz CT molecular complexity index is 1120. The van der Waals surface area contributed by atoms with Gasteiger partial charge in [0.05, 0.1) is 5.69 Å². The van der Waals surface area contributed by atoms with Gasteiger partial charge in [-0.1, -0.05) is 45.5 Å². The van der Waals surface area contributed by atoms with Gasteiger partial charge in [0.25, 0.3) is 0 Å². The minimum atomic E-state index is 0.0609. The third kappa shape index (κ3) is 2.65. The molecule has 0 bridgehead atoms. The van der Waals surface area contributed by atoms with Crippen LogP contribution >= 0.6 is 27.3 Å². The number of hydrogen-bond acceptors (Lipinski definition) is 4. The second-order valence-corrected chi connectivity index (χ2v) is 8.10. The molecule has 130 valence electrons. The molecule has 26 heavy (non-hydrogen) atoms. The number of rotatable bonds is 4. The van der Waals surface area contributed by atoms with Crippen molar-refractivity contribution in [2.24, 2.45) is 5.92 Å². The van der Waals surface area contributed by atoms with Crippen LogP contribution in [-0.2, 0) is 4.79 Å². The van der Waals surface area contributed by atoms with Crippen LogP contribution in [0.5, 0.6) is 0 Å². The maximum atomic E-state index is 12.0. The molecule has 5 rings (SSSR count). The minimum Gasteiger partial charge on any atom is -0.302 e. The Morgan fingerprint density at radius 1 is 1.27 bits per heavy atom. The molecular formula is C18H14BrN5OS. The van der Waals surface area contributed by atoms with Crippen molar-refractivity contribution in [2.45, 2.75) is 12.8 Å². The second-order valence-electron chi connectivity index (χ2n) is 6.25. The highest BCUT2D eigenvalue weighted by molar-refractivity contribution is 9.10. The molecule has 1 amide bonds. The zero-order valence-electron chi connectivity index (χ0n) is 13.6. The average molecular weight is 428 g/mol. The first-order valence-corrected chi connectivity index (χ1v) is 9.90. The van der Waals surface area contributed by atoms with Crippen LogP contribution in [0.3, 0.4) is 0 Å². The number of nitrogens with zero attached hydrogens (tertiary/aromatic N) is 3. The van der Waals surface area contributed by atoms with Crippen LogP contribution in [0.2, 0.25) is 0 Å². The third-order valence-electron chi connectivity index (χ3n) is 4.40. The lowest BCUT2D eigenvalue weighted by molar-refractivity contribution is -0.117. The van der Waals surface area contributed by atoms with Crippen LogP contribution in [0.25, 0.3) is 27.4 Å². The Balaban J connectivity index is 1.56. The number of fused-ring (bicyclic) bond motifs is 1. The molecule has 3 heterocycles. The van der Waals surface area contributed by atoms with Gasteiger partial charge in [0.2, 0.25) is 5.91 Å². The molecule has 0 saturated heterocycles. The maximum Gasteiger partial charge on any atom is 0.229 e. The van der Waals surface area contributed by atoms with E-state index in [9.17, 15) is 4.79 Å². The number of carbonyl (C=O) groups excluding carboxylic acids is 1. The lowest BCUT2D eigenvalue weighted by Crippen LogP contribution is -2.12. The Kier molecular flexibility index (Phi) is 3.68. The van der Waals surface area contributed by atoms with Gasteiger partial charge in [0.15, 0.2) is 16.6 Å². The van der Waals surface area contributed by atoms with E-state index in [4.69, 9.17) is 0 Å². The Morgan fingerprint density at radius 2 is 2.12 bits per heavy atom. The van der Waals surface area contributed by atoms with Crippen molar-refractivity contribution in [3.63, 3.8) is 0 Å². The molecule has 0 atom stereocenters. The zero-order chi connectivity index (χ0) is 17.7. The summed E-state index contributed by atoms with van der Waals surface area (Å²) in [7, 11) is 0. The molecule has 2 N–H and O–H groups in total. The van der Waals surface area contributed by atoms with E-state index in [1.807, 2.05) is 35.0 Å². The van der Waals surface area contributed by atoms with Crippen LogP contribution in [0.1, 0.15) is 12.8 Å². The molecule has 3 aromatic heterocycles. The third-order valence-corrected chi connectivity index (χ3v) is 6.06. The van der Waals surface area contributed by atoms with E-state index in [2.05, 4.69) is 48.6 Å². The summed E-state index contributed by atoms with van der Waals surface area (Å²) in [6, 6.07) is 12.1. The molecule has 8 heteroatoms. The van der Waals surface area contributed by atoms with Gasteiger partial charge in [-0.15, -0.1) is 0 Å². The van der Waals surface area contributed by atoms with Gasteiger partial charge in [-0.25, -0.2) is 4.98 Å². The monoisotopic (exact) mass is 427 g/mol. The Hall–Kier alpha value is -2.45. The van der Waals surface area contributed by atoms with Crippen molar-refractivity contribution in [3.8, 4) is 17.1 Å². The molecule has 1 saturated carbocycles. The van der Waals surface area contributed by atoms with Gasteiger partial charge in [-0.2, -0.15) is 5.10 Å². The first-order chi connectivity index (χ1) is 12.7. The smallest absolute Gasteiger partial charge is 0.229 e. The number of aromatic amines is 1. The Labute approximate surface area is 161 Å². The molecule has 0 unspecified atom stereocenters. The van der Waals surface area contributed by atoms with Gasteiger partial charge >= 0.3 is 0 Å². The van der Waals surface area contributed by atoms with Crippen LogP contribution in [0, 0.1) is 5.92 Å². The minimum absolute atomic E-state index is 0.0609. The van der Waals surface area contributed by atoms with Gasteiger partial charge in [-0.05, 0) is 31.0 Å². The van der Waals surface area contributed by atoms with Crippen molar-refractivity contribution in [3.05, 3.63) is 47.1 Å². The number of anilines is 1. The van der Waals surface area contributed by atoms with E-state index in [-0.39, 0.29) is 11.8 Å². The van der Waals surface area contributed by atoms with Crippen molar-refractivity contribution >= 4 is 48.7 Å². The number of aromatic nitrogens is 4. The number of nitrogens with one attached hydrogen (secondary N) is 2. The molecular weight excluding hydrogens is 414 g/mol. The number of halogens is 1. The average Bonchev–Trinajstić information content (AvgIpc) is 3.06. The van der Waals surface area contributed by atoms with Crippen LogP contribution in [0.4, 0.5) is 5.13 Å². The fourth-order valence-electron chi connectivity index (χ4n) is 2.93. The molecule has 1 fully saturated rings. The molecule has 0 radical (unpaired) electrons. The number of H-pyrrole nitrogens is 1. The number of carbonyl (C=O) groups is 1. The first kappa shape index (κ1) is 15.8. The summed E-state index contributed by atoms with van der Waals surface area (Å²) in [4.78, 5) is 16.4. The van der Waals surface area contributed by atoms with E-state index < -0.39 is 0 Å². The number of benzene rings is 1. The van der Waals surface area contributed by atoms with E-state index in [1.54, 1.807) is 0 Å². The predicted octanol–water partition coefficient (Wildman–Crippen LogP) is 4.59. The highest BCUT2D eigenvalue weighted by Gasteiger charge is 2.30. The zero-order valence-corrected chi connectivity index (χ0v) is 16.0. The molecule has 0 aliphatic heterocycles. The van der Waals surface area contributed by atoms with Crippen LogP contribution in [0.15, 0.2) is 47.1 Å². The summed E-state index contributed by atoms with van der Waals surface area (Å²) in [5.41, 5.74) is 2.80. The largest absolute Gasteiger partial charge is 0.302 e. The molecule has 0 spiro atoms. The summed E-state index contributed by atoms with van der Waals surface area (Å²) < 4.78 is 3.97. The predicted molar refractivity (Wildman–Crippen MR) is 106 cm³/mol. The van der Waals surface area contributed by atoms with Crippen molar-refractivity contribution in [2.75, 3.05) is 5.32 Å². The van der Waals surface area contributed by atoms with Gasteiger partial charge in [0.1, 0.15) is 4.70 Å². The van der Waals surface area contributed by atoms with E-state index >= 15 is 0 Å². The summed E-state index contributed by atoms with van der Waals surface area (Å²) >= 11 is 5.06. The molecule has 1 aromatic carbocycles. The van der Waals surface area contributed by atoms with E-state index in [0.29, 0.717) is 10.8 Å². The van der Waals surface area contributed by atoms with Crippen LogP contribution in [-0.4, -0.2) is 25.7 Å². The van der Waals surface area contributed by atoms with Gasteiger partial charge in [0, 0.05) is 22.2 Å². The highest BCUT2D eigenvalue weighted by Crippen LogP contribution is 2.36. The van der Waals surface area contributed by atoms with Gasteiger partial charge in [-0.3, -0.25) is 14.5 Å². The normalized spacial score (nSPS) is 14.0. The fourth-order valence-corrected chi connectivity index (χ4v) is 4.32. The number of thiazole rings is 1. The van der Waals surface area contributed by atoms with Crippen molar-refractivity contribution in [1.29, 1.82) is 0 Å². The maximum absolute atomic E-state index is 12.0. The molecule has 6 nitrogen and oxygen atoms in total. The van der Waals surface area contributed by atoms with Gasteiger partial charge < -0.3 is 5.32 Å². The summed E-state index contributed by atoms with van der Waals surface area (Å²) in [5, 5.41) is 10.9. The first-order valence-electron chi connectivity index (χ1n) is 8.29. The van der Waals surface area contributed by atoms with Crippen LogP contribution < -0.4 is 5.32 Å². The van der Waals surface area contributed by atoms with Crippen molar-refractivity contribution < 1.29 is 4.79 Å². The number of hydrogen-bond donors (Lipinski definition) is 2. The molecule has 4 aromatic rings. The summed E-state index contributed by atoms with van der Waals surface area (Å²) in [5.74, 6) is 0.993. The topological polar surface area (TPSA) is 75.6 Å². The Morgan fingerprint density at radius 3 is 2.92 bits per heavy atom. The number of amides is 1. The van der Waals surface area contributed by atoms with E-state index in [1.165, 1.54) is 11.3 Å². The summed E-state index contributed by atoms with van der Waals surface area (Å²) in [6.45, 7) is 0. The second kappa shape index (κ2) is 6.07. The molecule has 1 aliphatic rings. The quantitative estimate of drug-likeness (QED) is 0.499. The standard InChI is InChI=1S/C18H14BrN5OS/c19-12-5-2-1-4-11(12)13-6-3-9-24(13)16-14-15(22-23-16)20-18(26-14)21-17(25)10-7-8-10/h1-6,9-10H,7-8H2,(H2,20,21,22,23,25). The fraction of sp³-hybridized carbons (Fsp3) is 0.167.